The maximum Gasteiger partial charge on any atom is 0.275 e. The fourth-order valence-corrected chi connectivity index (χ4v) is 4.42. The van der Waals surface area contributed by atoms with E-state index in [2.05, 4.69) is 35.3 Å². The molecule has 2 heterocycles. The van der Waals surface area contributed by atoms with Crippen molar-refractivity contribution in [3.05, 3.63) is 56.9 Å². The van der Waals surface area contributed by atoms with E-state index in [0.717, 1.165) is 23.9 Å². The number of aromatic nitrogens is 3. The molecule has 1 aromatic carbocycles. The van der Waals surface area contributed by atoms with Gasteiger partial charge in [-0.15, -0.1) is 9.24 Å². The van der Waals surface area contributed by atoms with Gasteiger partial charge in [0.15, 0.2) is 5.82 Å². The summed E-state index contributed by atoms with van der Waals surface area (Å²) >= 11 is 5.14. The van der Waals surface area contributed by atoms with Crippen LogP contribution in [0.25, 0.3) is 10.8 Å². The summed E-state index contributed by atoms with van der Waals surface area (Å²) in [7, 11) is 2.35. The molecule has 0 fully saturated rings. The molecule has 0 spiro atoms. The molecule has 1 atom stereocenters. The number of amides is 1. The Morgan fingerprint density at radius 1 is 1.36 bits per heavy atom. The SMILES string of the molecule is CC(C)c1nn(CC(=O)N(I)c2c(F)cncc2P)c(=O)c2ccc(Br)cc12. The van der Waals surface area contributed by atoms with E-state index in [0.29, 0.717) is 16.4 Å². The van der Waals surface area contributed by atoms with Crippen LogP contribution in [-0.4, -0.2) is 20.7 Å². The van der Waals surface area contributed by atoms with Crippen molar-refractivity contribution in [2.45, 2.75) is 26.3 Å². The van der Waals surface area contributed by atoms with Crippen molar-refractivity contribution in [2.24, 2.45) is 0 Å². The molecule has 0 N–H and O–H groups in total. The summed E-state index contributed by atoms with van der Waals surface area (Å²) in [6, 6.07) is 5.34. The Hall–Kier alpha value is -1.45. The van der Waals surface area contributed by atoms with E-state index >= 15 is 0 Å². The van der Waals surface area contributed by atoms with E-state index < -0.39 is 11.7 Å². The molecular weight excluding hydrogens is 561 g/mol. The maximum absolute atomic E-state index is 14.1. The van der Waals surface area contributed by atoms with Crippen LogP contribution in [0.1, 0.15) is 25.5 Å². The maximum atomic E-state index is 14.1. The fraction of sp³-hybridized carbons (Fsp3) is 0.222. The summed E-state index contributed by atoms with van der Waals surface area (Å²) in [6.07, 6.45) is 2.48. The van der Waals surface area contributed by atoms with Crippen LogP contribution in [0.3, 0.4) is 0 Å². The standard InChI is InChI=1S/C18H16BrFIN4O2P/c1-9(2)16-12-5-10(19)3-4-11(12)18(27)24(23-16)8-15(26)25(21)17-13(20)6-22-7-14(17)28/h3-7,9H,8,28H2,1-2H3. The Morgan fingerprint density at radius 2 is 2.07 bits per heavy atom. The lowest BCUT2D eigenvalue weighted by Gasteiger charge is -2.18. The second kappa shape index (κ2) is 8.51. The highest BCUT2D eigenvalue weighted by atomic mass is 127. The lowest BCUT2D eigenvalue weighted by Crippen LogP contribution is -2.34. The fourth-order valence-electron chi connectivity index (χ4n) is 2.78. The zero-order chi connectivity index (χ0) is 20.6. The first-order chi connectivity index (χ1) is 13.2. The predicted octanol–water partition coefficient (Wildman–Crippen LogP) is 3.70. The van der Waals surface area contributed by atoms with Gasteiger partial charge in [-0.1, -0.05) is 29.8 Å². The number of halogens is 3. The molecule has 1 unspecified atom stereocenters. The van der Waals surface area contributed by atoms with Gasteiger partial charge in [0.05, 0.1) is 45.8 Å². The molecule has 3 rings (SSSR count). The van der Waals surface area contributed by atoms with Crippen molar-refractivity contribution >= 4 is 75.7 Å². The second-order valence-electron chi connectivity index (χ2n) is 6.43. The van der Waals surface area contributed by atoms with Gasteiger partial charge in [0.1, 0.15) is 6.54 Å². The number of benzene rings is 1. The third-order valence-corrected chi connectivity index (χ3v) is 6.04. The van der Waals surface area contributed by atoms with Gasteiger partial charge in [-0.25, -0.2) is 12.2 Å². The van der Waals surface area contributed by atoms with Crippen molar-refractivity contribution < 1.29 is 9.18 Å². The summed E-state index contributed by atoms with van der Waals surface area (Å²) in [4.78, 5) is 29.4. The highest BCUT2D eigenvalue weighted by molar-refractivity contribution is 14.1. The Morgan fingerprint density at radius 3 is 2.71 bits per heavy atom. The summed E-state index contributed by atoms with van der Waals surface area (Å²) in [5, 5.41) is 6.09. The van der Waals surface area contributed by atoms with Gasteiger partial charge < -0.3 is 0 Å². The van der Waals surface area contributed by atoms with Crippen LogP contribution >= 0.6 is 48.0 Å². The Kier molecular flexibility index (Phi) is 6.46. The Balaban J connectivity index is 2.05. The van der Waals surface area contributed by atoms with Crippen LogP contribution in [0.2, 0.25) is 0 Å². The minimum atomic E-state index is -0.623. The van der Waals surface area contributed by atoms with Crippen LogP contribution in [0.5, 0.6) is 0 Å². The highest BCUT2D eigenvalue weighted by Gasteiger charge is 2.22. The first kappa shape index (κ1) is 21.3. The largest absolute Gasteiger partial charge is 0.275 e. The quantitative estimate of drug-likeness (QED) is 0.270. The number of pyridine rings is 1. The third kappa shape index (κ3) is 4.11. The molecule has 0 aliphatic rings. The van der Waals surface area contributed by atoms with E-state index in [-0.39, 0.29) is 23.7 Å². The molecule has 3 aromatic rings. The molecule has 28 heavy (non-hydrogen) atoms. The van der Waals surface area contributed by atoms with Crippen LogP contribution < -0.4 is 14.0 Å². The van der Waals surface area contributed by atoms with Gasteiger partial charge in [-0.3, -0.25) is 14.6 Å². The molecule has 146 valence electrons. The highest BCUT2D eigenvalue weighted by Crippen LogP contribution is 2.25. The second-order valence-corrected chi connectivity index (χ2v) is 8.93. The minimum absolute atomic E-state index is 0.0470. The van der Waals surface area contributed by atoms with E-state index in [1.165, 1.54) is 6.20 Å². The van der Waals surface area contributed by atoms with E-state index in [1.54, 1.807) is 35.0 Å². The normalized spacial score (nSPS) is 11.2. The zero-order valence-electron chi connectivity index (χ0n) is 15.0. The van der Waals surface area contributed by atoms with Crippen LogP contribution in [-0.2, 0) is 11.3 Å². The lowest BCUT2D eigenvalue weighted by molar-refractivity contribution is -0.117. The van der Waals surface area contributed by atoms with Crippen molar-refractivity contribution in [3.8, 4) is 0 Å². The monoisotopic (exact) mass is 576 g/mol. The number of nitrogens with zero attached hydrogens (tertiary/aromatic N) is 4. The van der Waals surface area contributed by atoms with Gasteiger partial charge in [-0.2, -0.15) is 5.10 Å². The molecule has 2 aromatic heterocycles. The predicted molar refractivity (Wildman–Crippen MR) is 123 cm³/mol. The van der Waals surface area contributed by atoms with Crippen LogP contribution in [0.4, 0.5) is 10.1 Å². The van der Waals surface area contributed by atoms with Crippen LogP contribution in [0, 0.1) is 5.82 Å². The molecule has 6 nitrogen and oxygen atoms in total. The zero-order valence-corrected chi connectivity index (χ0v) is 19.9. The number of hydrogen-bond donors (Lipinski definition) is 0. The molecular formula is C18H16BrFIN4O2P. The molecule has 10 heteroatoms. The summed E-state index contributed by atoms with van der Waals surface area (Å²) in [5.41, 5.74) is 0.435. The third-order valence-electron chi connectivity index (χ3n) is 4.10. The van der Waals surface area contributed by atoms with Gasteiger partial charge in [0, 0.05) is 21.4 Å². The Labute approximate surface area is 185 Å². The lowest BCUT2D eigenvalue weighted by atomic mass is 10.0. The summed E-state index contributed by atoms with van der Waals surface area (Å²) in [6.45, 7) is 3.63. The topological polar surface area (TPSA) is 68.1 Å². The van der Waals surface area contributed by atoms with Gasteiger partial charge in [-0.05, 0) is 24.1 Å². The smallest absolute Gasteiger partial charge is 0.272 e. The molecule has 0 bridgehead atoms. The molecule has 0 saturated carbocycles. The number of rotatable bonds is 4. The van der Waals surface area contributed by atoms with Crippen molar-refractivity contribution in [2.75, 3.05) is 3.11 Å². The van der Waals surface area contributed by atoms with E-state index in [9.17, 15) is 14.0 Å². The Bertz CT molecular complexity index is 1120. The molecule has 0 aliphatic carbocycles. The van der Waals surface area contributed by atoms with Crippen molar-refractivity contribution in [1.29, 1.82) is 0 Å². The number of anilines is 1. The van der Waals surface area contributed by atoms with E-state index in [4.69, 9.17) is 0 Å². The van der Waals surface area contributed by atoms with Crippen LogP contribution in [0.15, 0.2) is 39.9 Å². The number of hydrogen-bond acceptors (Lipinski definition) is 4. The number of carbonyl (C=O) groups is 1. The van der Waals surface area contributed by atoms with Crippen molar-refractivity contribution in [1.82, 2.24) is 14.8 Å². The van der Waals surface area contributed by atoms with Gasteiger partial charge in [0.2, 0.25) is 0 Å². The molecule has 0 radical (unpaired) electrons. The molecule has 0 aliphatic heterocycles. The number of carbonyl (C=O) groups excluding carboxylic acids is 1. The average molecular weight is 577 g/mol. The molecule has 0 saturated heterocycles. The van der Waals surface area contributed by atoms with Gasteiger partial charge in [0.25, 0.3) is 11.5 Å². The summed E-state index contributed by atoms with van der Waals surface area (Å²) in [5.74, 6) is -1.05. The minimum Gasteiger partial charge on any atom is -0.272 e. The number of fused-ring (bicyclic) bond motifs is 1. The molecule has 1 amide bonds. The van der Waals surface area contributed by atoms with Crippen molar-refractivity contribution in [3.63, 3.8) is 0 Å². The average Bonchev–Trinajstić information content (AvgIpc) is 2.63. The first-order valence-electron chi connectivity index (χ1n) is 8.28. The van der Waals surface area contributed by atoms with Gasteiger partial charge >= 0.3 is 0 Å². The van der Waals surface area contributed by atoms with E-state index in [1.807, 2.05) is 19.9 Å². The summed E-state index contributed by atoms with van der Waals surface area (Å²) < 4.78 is 17.3. The first-order valence-corrected chi connectivity index (χ1v) is 10.6.